The van der Waals surface area contributed by atoms with Crippen molar-refractivity contribution in [2.24, 2.45) is 0 Å². The van der Waals surface area contributed by atoms with Gasteiger partial charge in [-0.1, -0.05) is 60.7 Å². The summed E-state index contributed by atoms with van der Waals surface area (Å²) in [5.74, 6) is 0. The molecule has 4 nitrogen and oxygen atoms in total. The van der Waals surface area contributed by atoms with Crippen molar-refractivity contribution in [3.63, 3.8) is 0 Å². The summed E-state index contributed by atoms with van der Waals surface area (Å²) in [6.45, 7) is 1.37. The van der Waals surface area contributed by atoms with Crippen LogP contribution >= 0.6 is 7.60 Å². The molecule has 0 saturated heterocycles. The third-order valence-electron chi connectivity index (χ3n) is 2.87. The van der Waals surface area contributed by atoms with Crippen LogP contribution in [0.5, 0.6) is 0 Å². The van der Waals surface area contributed by atoms with Crippen molar-refractivity contribution in [3.8, 4) is 0 Å². The van der Waals surface area contributed by atoms with Crippen molar-refractivity contribution in [3.05, 3.63) is 71.8 Å². The molecule has 0 aromatic heterocycles. The Balaban J connectivity index is 1.99. The van der Waals surface area contributed by atoms with E-state index in [1.165, 1.54) is 6.92 Å². The minimum Gasteiger partial charge on any atom is -0.298 e. The van der Waals surface area contributed by atoms with Crippen molar-refractivity contribution in [2.45, 2.75) is 20.1 Å². The van der Waals surface area contributed by atoms with Crippen LogP contribution in [-0.2, 0) is 31.6 Å². The summed E-state index contributed by atoms with van der Waals surface area (Å²) < 4.78 is 23.0. The first-order valence-electron chi connectivity index (χ1n) is 6.58. The molecule has 0 amide bonds. The highest BCUT2D eigenvalue weighted by Crippen LogP contribution is 2.50. The zero-order valence-electron chi connectivity index (χ0n) is 11.8. The summed E-state index contributed by atoms with van der Waals surface area (Å²) in [6.07, 6.45) is 0. The van der Waals surface area contributed by atoms with Crippen LogP contribution in [-0.4, -0.2) is 5.52 Å². The Morgan fingerprint density at radius 2 is 1.24 bits per heavy atom. The van der Waals surface area contributed by atoms with E-state index >= 15 is 0 Å². The molecule has 0 radical (unpaired) electrons. The monoisotopic (exact) mass is 304 g/mol. The fourth-order valence-electron chi connectivity index (χ4n) is 1.69. The molecule has 2 aromatic rings. The van der Waals surface area contributed by atoms with Crippen LogP contribution in [0.25, 0.3) is 0 Å². The number of hydrogen-bond donors (Lipinski definition) is 0. The molecule has 0 heterocycles. The van der Waals surface area contributed by atoms with Crippen LogP contribution in [0.4, 0.5) is 0 Å². The molecule has 5 heteroatoms. The van der Waals surface area contributed by atoms with Gasteiger partial charge >= 0.3 is 7.60 Å². The third-order valence-corrected chi connectivity index (χ3v) is 4.58. The van der Waals surface area contributed by atoms with Gasteiger partial charge in [0.1, 0.15) is 0 Å². The topological polar surface area (TPSA) is 52.6 Å². The van der Waals surface area contributed by atoms with E-state index < -0.39 is 13.1 Å². The molecule has 0 aliphatic heterocycles. The van der Waals surface area contributed by atoms with Gasteiger partial charge in [-0.15, -0.1) is 0 Å². The van der Waals surface area contributed by atoms with Gasteiger partial charge in [-0.05, 0) is 11.1 Å². The lowest BCUT2D eigenvalue weighted by Gasteiger charge is -2.15. The molecule has 0 fully saturated rings. The van der Waals surface area contributed by atoms with E-state index in [1.54, 1.807) is 0 Å². The number of hydrogen-bond acceptors (Lipinski definition) is 4. The summed E-state index contributed by atoms with van der Waals surface area (Å²) in [5, 5.41) is 0. The van der Waals surface area contributed by atoms with E-state index in [2.05, 4.69) is 0 Å². The first-order valence-corrected chi connectivity index (χ1v) is 8.12. The van der Waals surface area contributed by atoms with Crippen LogP contribution in [0.2, 0.25) is 0 Å². The molecule has 2 aromatic carbocycles. The van der Waals surface area contributed by atoms with Gasteiger partial charge in [0.05, 0.1) is 13.2 Å². The van der Waals surface area contributed by atoms with E-state index in [0.717, 1.165) is 11.1 Å². The maximum Gasteiger partial charge on any atom is 0.397 e. The molecule has 0 aliphatic carbocycles. The molecule has 0 N–H and O–H groups in total. The van der Waals surface area contributed by atoms with E-state index in [-0.39, 0.29) is 13.2 Å². The Morgan fingerprint density at radius 1 is 0.857 bits per heavy atom. The van der Waals surface area contributed by atoms with Gasteiger partial charge in [0.25, 0.3) is 0 Å². The minimum atomic E-state index is -3.76. The molecule has 0 saturated carbocycles. The second kappa shape index (κ2) is 7.32. The van der Waals surface area contributed by atoms with E-state index in [1.807, 2.05) is 60.7 Å². The van der Waals surface area contributed by atoms with Gasteiger partial charge in [0, 0.05) is 6.92 Å². The third kappa shape index (κ3) is 4.64. The second-order valence-electron chi connectivity index (χ2n) is 4.53. The fourth-order valence-corrected chi connectivity index (χ4v) is 2.76. The van der Waals surface area contributed by atoms with Crippen LogP contribution < -0.4 is 0 Å². The molecule has 110 valence electrons. The predicted octanol–water partition coefficient (Wildman–Crippen LogP) is 4.16. The Labute approximate surface area is 124 Å². The van der Waals surface area contributed by atoms with Gasteiger partial charge in [0.15, 0.2) is 0 Å². The van der Waals surface area contributed by atoms with Crippen LogP contribution in [0.1, 0.15) is 18.1 Å². The maximum absolute atomic E-state index is 12.5. The molecule has 0 aliphatic rings. The summed E-state index contributed by atoms with van der Waals surface area (Å²) in [4.78, 5) is 11.6. The molecule has 2 rings (SSSR count). The fraction of sp³-hybridized carbons (Fsp3) is 0.188. The normalized spacial score (nSPS) is 11.3. The molecule has 0 unspecified atom stereocenters. The van der Waals surface area contributed by atoms with Gasteiger partial charge in [-0.2, -0.15) is 0 Å². The quantitative estimate of drug-likeness (QED) is 0.721. The highest BCUT2D eigenvalue weighted by molar-refractivity contribution is 7.71. The Kier molecular flexibility index (Phi) is 5.45. The maximum atomic E-state index is 12.5. The van der Waals surface area contributed by atoms with Crippen molar-refractivity contribution >= 4 is 13.1 Å². The Bertz CT molecular complexity index is 578. The lowest BCUT2D eigenvalue weighted by Crippen LogP contribution is -2.04. The summed E-state index contributed by atoms with van der Waals surface area (Å²) in [5.41, 5.74) is 1.08. The highest BCUT2D eigenvalue weighted by atomic mass is 31.2. The second-order valence-corrected chi connectivity index (χ2v) is 6.68. The predicted molar refractivity (Wildman–Crippen MR) is 80.7 cm³/mol. The van der Waals surface area contributed by atoms with E-state index in [9.17, 15) is 9.36 Å². The average Bonchev–Trinajstić information content (AvgIpc) is 2.53. The van der Waals surface area contributed by atoms with Gasteiger partial charge in [-0.3, -0.25) is 18.4 Å². The smallest absolute Gasteiger partial charge is 0.298 e. The standard InChI is InChI=1S/C16H17O4P/c1-14(17)21(18,19-12-15-8-4-2-5-9-15)20-13-16-10-6-3-7-11-16/h2-11H,12-13H2,1H3. The summed E-state index contributed by atoms with van der Waals surface area (Å²) in [7, 11) is -3.76. The van der Waals surface area contributed by atoms with E-state index in [0.29, 0.717) is 0 Å². The summed E-state index contributed by atoms with van der Waals surface area (Å²) >= 11 is 0. The largest absolute Gasteiger partial charge is 0.397 e. The highest BCUT2D eigenvalue weighted by Gasteiger charge is 2.31. The molecule has 21 heavy (non-hydrogen) atoms. The molecule has 0 bridgehead atoms. The molecular formula is C16H17O4P. The molecule has 0 atom stereocenters. The van der Waals surface area contributed by atoms with Crippen molar-refractivity contribution in [1.82, 2.24) is 0 Å². The SMILES string of the molecule is CC(=O)P(=O)(OCc1ccccc1)OCc1ccccc1. The number of benzene rings is 2. The zero-order valence-corrected chi connectivity index (χ0v) is 12.7. The number of carbonyl (C=O) groups is 1. The van der Waals surface area contributed by atoms with Crippen molar-refractivity contribution in [1.29, 1.82) is 0 Å². The average molecular weight is 304 g/mol. The van der Waals surface area contributed by atoms with Gasteiger partial charge < -0.3 is 0 Å². The van der Waals surface area contributed by atoms with Gasteiger partial charge in [0.2, 0.25) is 5.52 Å². The first-order chi connectivity index (χ1) is 10.1. The van der Waals surface area contributed by atoms with E-state index in [4.69, 9.17) is 9.05 Å². The van der Waals surface area contributed by atoms with Crippen LogP contribution in [0.3, 0.4) is 0 Å². The Hall–Kier alpha value is -1.74. The zero-order chi connectivity index (χ0) is 15.1. The van der Waals surface area contributed by atoms with Gasteiger partial charge in [-0.25, -0.2) is 0 Å². The number of rotatable bonds is 7. The summed E-state index contributed by atoms with van der Waals surface area (Å²) in [6, 6.07) is 18.5. The van der Waals surface area contributed by atoms with Crippen LogP contribution in [0, 0.1) is 0 Å². The van der Waals surface area contributed by atoms with Crippen molar-refractivity contribution in [2.75, 3.05) is 0 Å². The molecular weight excluding hydrogens is 287 g/mol. The van der Waals surface area contributed by atoms with Crippen LogP contribution in [0.15, 0.2) is 60.7 Å². The minimum absolute atomic E-state index is 0.0759. The lowest BCUT2D eigenvalue weighted by atomic mass is 10.2. The Morgan fingerprint density at radius 3 is 1.57 bits per heavy atom. The lowest BCUT2D eigenvalue weighted by molar-refractivity contribution is -0.112. The molecule has 0 spiro atoms. The number of carbonyl (C=O) groups excluding carboxylic acids is 1. The first kappa shape index (κ1) is 15.6. The van der Waals surface area contributed by atoms with Crippen molar-refractivity contribution < 1.29 is 18.4 Å².